The number of carboxylic acid groups (broad SMARTS) is 1. The Morgan fingerprint density at radius 1 is 1.21 bits per heavy atom. The molecule has 1 amide bonds. The molecule has 1 atom stereocenters. The molecule has 2 aromatic carbocycles. The number of H-pyrrole nitrogens is 1. The number of carboxylic acids is 1. The first-order valence-corrected chi connectivity index (χ1v) is 7.61. The molecule has 0 saturated heterocycles. The minimum atomic E-state index is -1.47. The number of aliphatic carboxylic acids is 1. The summed E-state index contributed by atoms with van der Waals surface area (Å²) in [6.45, 7) is 1.74. The summed E-state index contributed by atoms with van der Waals surface area (Å²) in [5, 5.41) is 20.0. The second-order valence-corrected chi connectivity index (χ2v) is 5.56. The van der Waals surface area contributed by atoms with Gasteiger partial charge in [-0.3, -0.25) is 9.89 Å². The normalized spacial score (nSPS) is 13.4. The predicted molar refractivity (Wildman–Crippen MR) is 89.6 cm³/mol. The van der Waals surface area contributed by atoms with E-state index >= 15 is 0 Å². The second kappa shape index (κ2) is 6.16. The molecule has 0 bridgehead atoms. The first-order valence-electron chi connectivity index (χ1n) is 7.61. The SMILES string of the molecule is CCC(NC(=O)c1ccc2[nH]ncc2c1)(C(=O)O)c1ccccc1. The number of benzene rings is 2. The highest BCUT2D eigenvalue weighted by Gasteiger charge is 2.40. The van der Waals surface area contributed by atoms with Gasteiger partial charge in [0.2, 0.25) is 0 Å². The Hall–Kier alpha value is -3.15. The summed E-state index contributed by atoms with van der Waals surface area (Å²) in [7, 11) is 0. The average Bonchev–Trinajstić information content (AvgIpc) is 3.07. The van der Waals surface area contributed by atoms with Crippen LogP contribution in [0.2, 0.25) is 0 Å². The van der Waals surface area contributed by atoms with Gasteiger partial charge in [-0.25, -0.2) is 4.79 Å². The predicted octanol–water partition coefficient (Wildman–Crippen LogP) is 2.68. The standard InChI is InChI=1S/C18H17N3O3/c1-2-18(17(23)24,14-6-4-3-5-7-14)20-16(22)12-8-9-15-13(10-12)11-19-21-15/h3-11H,2H2,1H3,(H,19,21)(H,20,22)(H,23,24). The van der Waals surface area contributed by atoms with Crippen LogP contribution in [0.5, 0.6) is 0 Å². The molecular weight excluding hydrogens is 306 g/mol. The van der Waals surface area contributed by atoms with Gasteiger partial charge in [0.25, 0.3) is 5.91 Å². The Kier molecular flexibility index (Phi) is 4.04. The third-order valence-corrected chi connectivity index (χ3v) is 4.19. The molecule has 1 unspecified atom stereocenters. The van der Waals surface area contributed by atoms with E-state index in [0.29, 0.717) is 11.1 Å². The van der Waals surface area contributed by atoms with Crippen molar-refractivity contribution in [3.8, 4) is 0 Å². The van der Waals surface area contributed by atoms with Gasteiger partial charge in [-0.2, -0.15) is 5.10 Å². The molecule has 0 fully saturated rings. The lowest BCUT2D eigenvalue weighted by molar-refractivity contribution is -0.145. The third kappa shape index (κ3) is 2.62. The Labute approximate surface area is 138 Å². The second-order valence-electron chi connectivity index (χ2n) is 5.56. The molecule has 0 aliphatic carbocycles. The topological polar surface area (TPSA) is 95.1 Å². The van der Waals surface area contributed by atoms with Gasteiger partial charge in [-0.15, -0.1) is 0 Å². The van der Waals surface area contributed by atoms with Gasteiger partial charge in [-0.1, -0.05) is 37.3 Å². The zero-order valence-electron chi connectivity index (χ0n) is 13.1. The maximum absolute atomic E-state index is 12.7. The fraction of sp³-hybridized carbons (Fsp3) is 0.167. The summed E-state index contributed by atoms with van der Waals surface area (Å²) in [5.41, 5.74) is 0.273. The van der Waals surface area contributed by atoms with Gasteiger partial charge >= 0.3 is 5.97 Å². The Morgan fingerprint density at radius 3 is 2.62 bits per heavy atom. The molecule has 24 heavy (non-hydrogen) atoms. The zero-order valence-corrected chi connectivity index (χ0v) is 13.1. The monoisotopic (exact) mass is 323 g/mol. The molecule has 1 aromatic heterocycles. The molecule has 6 heteroatoms. The van der Waals surface area contributed by atoms with Crippen LogP contribution in [0.3, 0.4) is 0 Å². The molecule has 0 aliphatic rings. The minimum absolute atomic E-state index is 0.228. The molecule has 3 rings (SSSR count). The van der Waals surface area contributed by atoms with E-state index in [2.05, 4.69) is 15.5 Å². The number of nitrogens with zero attached hydrogens (tertiary/aromatic N) is 1. The quantitative estimate of drug-likeness (QED) is 0.673. The van der Waals surface area contributed by atoms with Crippen LogP contribution in [0, 0.1) is 0 Å². The van der Waals surface area contributed by atoms with Crippen molar-refractivity contribution in [3.63, 3.8) is 0 Å². The molecule has 0 spiro atoms. The summed E-state index contributed by atoms with van der Waals surface area (Å²) in [4.78, 5) is 24.6. The summed E-state index contributed by atoms with van der Waals surface area (Å²) in [6.07, 6.45) is 1.85. The van der Waals surface area contributed by atoms with Crippen molar-refractivity contribution in [1.29, 1.82) is 0 Å². The number of carbonyl (C=O) groups excluding carboxylic acids is 1. The lowest BCUT2D eigenvalue weighted by atomic mass is 9.87. The van der Waals surface area contributed by atoms with Crippen molar-refractivity contribution < 1.29 is 14.7 Å². The maximum atomic E-state index is 12.7. The Balaban J connectivity index is 1.97. The van der Waals surface area contributed by atoms with Crippen molar-refractivity contribution in [1.82, 2.24) is 15.5 Å². The number of carbonyl (C=O) groups is 2. The van der Waals surface area contributed by atoms with Gasteiger partial charge in [0, 0.05) is 10.9 Å². The van der Waals surface area contributed by atoms with E-state index in [1.54, 1.807) is 61.7 Å². The fourth-order valence-corrected chi connectivity index (χ4v) is 2.77. The summed E-state index contributed by atoms with van der Waals surface area (Å²) in [5.74, 6) is -1.53. The average molecular weight is 323 g/mol. The number of aromatic nitrogens is 2. The van der Waals surface area contributed by atoms with E-state index in [1.165, 1.54) is 0 Å². The minimum Gasteiger partial charge on any atom is -0.479 e. The Bertz CT molecular complexity index is 889. The van der Waals surface area contributed by atoms with E-state index in [1.807, 2.05) is 0 Å². The zero-order chi connectivity index (χ0) is 17.2. The van der Waals surface area contributed by atoms with Crippen molar-refractivity contribution in [2.75, 3.05) is 0 Å². The van der Waals surface area contributed by atoms with E-state index in [0.717, 1.165) is 10.9 Å². The van der Waals surface area contributed by atoms with Crippen LogP contribution in [0.4, 0.5) is 0 Å². The number of amides is 1. The first kappa shape index (κ1) is 15.7. The van der Waals surface area contributed by atoms with Gasteiger partial charge in [0.1, 0.15) is 0 Å². The van der Waals surface area contributed by atoms with Crippen molar-refractivity contribution in [2.24, 2.45) is 0 Å². The highest BCUT2D eigenvalue weighted by Crippen LogP contribution is 2.26. The van der Waals surface area contributed by atoms with Crippen molar-refractivity contribution >= 4 is 22.8 Å². The summed E-state index contributed by atoms with van der Waals surface area (Å²) < 4.78 is 0. The van der Waals surface area contributed by atoms with Gasteiger partial charge < -0.3 is 10.4 Å². The van der Waals surface area contributed by atoms with Gasteiger partial charge in [-0.05, 0) is 30.2 Å². The van der Waals surface area contributed by atoms with Gasteiger partial charge in [0.05, 0.1) is 11.7 Å². The van der Waals surface area contributed by atoms with Crippen LogP contribution in [0.25, 0.3) is 10.9 Å². The molecule has 3 N–H and O–H groups in total. The van der Waals surface area contributed by atoms with Crippen LogP contribution >= 0.6 is 0 Å². The number of hydrogen-bond donors (Lipinski definition) is 3. The third-order valence-electron chi connectivity index (χ3n) is 4.19. The number of rotatable bonds is 5. The fourth-order valence-electron chi connectivity index (χ4n) is 2.77. The van der Waals surface area contributed by atoms with Crippen LogP contribution in [-0.4, -0.2) is 27.2 Å². The lowest BCUT2D eigenvalue weighted by Crippen LogP contribution is -2.51. The summed E-state index contributed by atoms with van der Waals surface area (Å²) >= 11 is 0. The maximum Gasteiger partial charge on any atom is 0.334 e. The molecule has 1 heterocycles. The van der Waals surface area contributed by atoms with E-state index in [9.17, 15) is 14.7 Å². The Morgan fingerprint density at radius 2 is 1.96 bits per heavy atom. The molecule has 122 valence electrons. The molecule has 0 radical (unpaired) electrons. The molecule has 0 aliphatic heterocycles. The molecule has 6 nitrogen and oxygen atoms in total. The molecular formula is C18H17N3O3. The number of nitrogens with one attached hydrogen (secondary N) is 2. The smallest absolute Gasteiger partial charge is 0.334 e. The number of fused-ring (bicyclic) bond motifs is 1. The highest BCUT2D eigenvalue weighted by atomic mass is 16.4. The van der Waals surface area contributed by atoms with Crippen LogP contribution in [-0.2, 0) is 10.3 Å². The lowest BCUT2D eigenvalue weighted by Gasteiger charge is -2.30. The summed E-state index contributed by atoms with van der Waals surface area (Å²) in [6, 6.07) is 13.8. The van der Waals surface area contributed by atoms with Crippen molar-refractivity contribution in [2.45, 2.75) is 18.9 Å². The van der Waals surface area contributed by atoms with Gasteiger partial charge in [0.15, 0.2) is 5.54 Å². The van der Waals surface area contributed by atoms with Crippen molar-refractivity contribution in [3.05, 3.63) is 65.9 Å². The van der Waals surface area contributed by atoms with E-state index in [4.69, 9.17) is 0 Å². The number of aromatic amines is 1. The van der Waals surface area contributed by atoms with E-state index in [-0.39, 0.29) is 6.42 Å². The first-order chi connectivity index (χ1) is 11.6. The van der Waals surface area contributed by atoms with Crippen LogP contribution < -0.4 is 5.32 Å². The van der Waals surface area contributed by atoms with E-state index < -0.39 is 17.4 Å². The largest absolute Gasteiger partial charge is 0.479 e. The molecule has 0 saturated carbocycles. The molecule has 3 aromatic rings. The van der Waals surface area contributed by atoms with Crippen LogP contribution in [0.1, 0.15) is 29.3 Å². The van der Waals surface area contributed by atoms with Crippen LogP contribution in [0.15, 0.2) is 54.7 Å². The number of hydrogen-bond acceptors (Lipinski definition) is 3. The highest BCUT2D eigenvalue weighted by molar-refractivity contribution is 6.00.